The maximum absolute atomic E-state index is 10.3. The third-order valence-corrected chi connectivity index (χ3v) is 2.74. The van der Waals surface area contributed by atoms with Crippen molar-refractivity contribution in [2.75, 3.05) is 13.1 Å². The molecule has 0 saturated heterocycles. The van der Waals surface area contributed by atoms with Gasteiger partial charge in [-0.3, -0.25) is 0 Å². The van der Waals surface area contributed by atoms with Gasteiger partial charge in [0.1, 0.15) is 5.82 Å². The van der Waals surface area contributed by atoms with Crippen LogP contribution in [0.15, 0.2) is 12.4 Å². The number of aryl methyl sites for hydroxylation is 1. The summed E-state index contributed by atoms with van der Waals surface area (Å²) >= 11 is 0. The van der Waals surface area contributed by atoms with Crippen LogP contribution in [0.3, 0.4) is 0 Å². The van der Waals surface area contributed by atoms with E-state index in [1.807, 2.05) is 13.1 Å². The number of hydrogen-bond acceptors (Lipinski definition) is 3. The molecule has 0 saturated carbocycles. The fourth-order valence-corrected chi connectivity index (χ4v) is 1.89. The van der Waals surface area contributed by atoms with Crippen LogP contribution in [-0.2, 0) is 13.0 Å². The molecule has 0 aromatic carbocycles. The fraction of sp³-hybridized carbons (Fsp3) is 0.769. The number of imidazole rings is 1. The van der Waals surface area contributed by atoms with Gasteiger partial charge >= 0.3 is 0 Å². The normalized spacial score (nSPS) is 14.8. The maximum atomic E-state index is 10.3. The number of nitrogens with zero attached hydrogens (tertiary/aromatic N) is 2. The zero-order valence-corrected chi connectivity index (χ0v) is 11.2. The summed E-state index contributed by atoms with van der Waals surface area (Å²) in [6, 6.07) is 0. The van der Waals surface area contributed by atoms with Crippen LogP contribution in [0, 0.1) is 0 Å². The molecule has 98 valence electrons. The second-order valence-electron chi connectivity index (χ2n) is 4.89. The van der Waals surface area contributed by atoms with Gasteiger partial charge in [-0.15, -0.1) is 0 Å². The Morgan fingerprint density at radius 1 is 1.41 bits per heavy atom. The van der Waals surface area contributed by atoms with Crippen LogP contribution in [0.2, 0.25) is 0 Å². The first-order valence-corrected chi connectivity index (χ1v) is 6.52. The highest BCUT2D eigenvalue weighted by Gasteiger charge is 2.22. The Kier molecular flexibility index (Phi) is 5.65. The van der Waals surface area contributed by atoms with Crippen molar-refractivity contribution in [3.05, 3.63) is 18.2 Å². The second kappa shape index (κ2) is 6.77. The predicted octanol–water partition coefficient (Wildman–Crippen LogP) is 1.59. The second-order valence-corrected chi connectivity index (χ2v) is 4.89. The highest BCUT2D eigenvalue weighted by molar-refractivity contribution is 4.98. The first kappa shape index (κ1) is 14.2. The van der Waals surface area contributed by atoms with E-state index in [2.05, 4.69) is 28.7 Å². The Bertz CT molecular complexity index is 320. The molecule has 4 heteroatoms. The fourth-order valence-electron chi connectivity index (χ4n) is 1.89. The molecule has 0 amide bonds. The lowest BCUT2D eigenvalue weighted by atomic mass is 10.0. The van der Waals surface area contributed by atoms with E-state index in [4.69, 9.17) is 0 Å². The van der Waals surface area contributed by atoms with Crippen LogP contribution >= 0.6 is 0 Å². The maximum Gasteiger partial charge on any atom is 0.111 e. The quantitative estimate of drug-likeness (QED) is 0.677. The SMILES string of the molecule is CCCNCC(C)(O)Cc1nccn1CCC. The molecule has 0 radical (unpaired) electrons. The van der Waals surface area contributed by atoms with E-state index < -0.39 is 5.60 Å². The van der Waals surface area contributed by atoms with E-state index in [0.717, 1.165) is 31.8 Å². The lowest BCUT2D eigenvalue weighted by molar-refractivity contribution is 0.0574. The Morgan fingerprint density at radius 3 is 2.82 bits per heavy atom. The van der Waals surface area contributed by atoms with E-state index in [1.54, 1.807) is 6.20 Å². The van der Waals surface area contributed by atoms with Gasteiger partial charge in [0.2, 0.25) is 0 Å². The monoisotopic (exact) mass is 239 g/mol. The Hall–Kier alpha value is -0.870. The van der Waals surface area contributed by atoms with E-state index in [1.165, 1.54) is 0 Å². The van der Waals surface area contributed by atoms with Gasteiger partial charge in [-0.2, -0.15) is 0 Å². The lowest BCUT2D eigenvalue weighted by Gasteiger charge is -2.23. The minimum atomic E-state index is -0.730. The van der Waals surface area contributed by atoms with Crippen molar-refractivity contribution in [2.45, 2.75) is 52.2 Å². The Balaban J connectivity index is 2.52. The minimum Gasteiger partial charge on any atom is -0.388 e. The summed E-state index contributed by atoms with van der Waals surface area (Å²) in [7, 11) is 0. The summed E-state index contributed by atoms with van der Waals surface area (Å²) in [6.45, 7) is 8.65. The van der Waals surface area contributed by atoms with Gasteiger partial charge in [-0.25, -0.2) is 4.98 Å². The highest BCUT2D eigenvalue weighted by Crippen LogP contribution is 2.11. The molecule has 0 fully saturated rings. The molecule has 1 rings (SSSR count). The summed E-state index contributed by atoms with van der Waals surface area (Å²) in [5.74, 6) is 0.968. The van der Waals surface area contributed by atoms with Crippen molar-refractivity contribution in [1.82, 2.24) is 14.9 Å². The van der Waals surface area contributed by atoms with Crippen molar-refractivity contribution in [3.63, 3.8) is 0 Å². The van der Waals surface area contributed by atoms with Crippen LogP contribution in [0.4, 0.5) is 0 Å². The molecule has 1 heterocycles. The Labute approximate surface area is 104 Å². The summed E-state index contributed by atoms with van der Waals surface area (Å²) in [4.78, 5) is 4.32. The van der Waals surface area contributed by atoms with Gasteiger partial charge in [0, 0.05) is 31.9 Å². The van der Waals surface area contributed by atoms with Gasteiger partial charge in [-0.05, 0) is 26.3 Å². The summed E-state index contributed by atoms with van der Waals surface area (Å²) in [5.41, 5.74) is -0.730. The first-order chi connectivity index (χ1) is 8.09. The largest absolute Gasteiger partial charge is 0.388 e. The van der Waals surface area contributed by atoms with Crippen LogP contribution < -0.4 is 5.32 Å². The first-order valence-electron chi connectivity index (χ1n) is 6.52. The topological polar surface area (TPSA) is 50.1 Å². The average molecular weight is 239 g/mol. The molecule has 1 aromatic heterocycles. The van der Waals surface area contributed by atoms with Crippen LogP contribution in [-0.4, -0.2) is 33.3 Å². The Morgan fingerprint density at radius 2 is 2.18 bits per heavy atom. The van der Waals surface area contributed by atoms with E-state index in [9.17, 15) is 5.11 Å². The van der Waals surface area contributed by atoms with E-state index in [0.29, 0.717) is 13.0 Å². The molecule has 17 heavy (non-hydrogen) atoms. The third-order valence-electron chi connectivity index (χ3n) is 2.74. The summed E-state index contributed by atoms with van der Waals surface area (Å²) in [5, 5.41) is 13.5. The molecular formula is C13H25N3O. The molecule has 0 aliphatic carbocycles. The van der Waals surface area contributed by atoms with Crippen molar-refractivity contribution >= 4 is 0 Å². The van der Waals surface area contributed by atoms with Gasteiger partial charge in [0.15, 0.2) is 0 Å². The van der Waals surface area contributed by atoms with E-state index in [-0.39, 0.29) is 0 Å². The van der Waals surface area contributed by atoms with Crippen molar-refractivity contribution in [2.24, 2.45) is 0 Å². The van der Waals surface area contributed by atoms with Crippen LogP contribution in [0.25, 0.3) is 0 Å². The molecule has 1 unspecified atom stereocenters. The number of aromatic nitrogens is 2. The van der Waals surface area contributed by atoms with Gasteiger partial charge in [0.05, 0.1) is 5.60 Å². The van der Waals surface area contributed by atoms with Crippen LogP contribution in [0.1, 0.15) is 39.4 Å². The number of hydrogen-bond donors (Lipinski definition) is 2. The summed E-state index contributed by atoms with van der Waals surface area (Å²) < 4.78 is 2.12. The molecule has 1 atom stereocenters. The zero-order chi connectivity index (χ0) is 12.7. The molecule has 4 nitrogen and oxygen atoms in total. The molecular weight excluding hydrogens is 214 g/mol. The minimum absolute atomic E-state index is 0.594. The summed E-state index contributed by atoms with van der Waals surface area (Å²) in [6.07, 6.45) is 6.55. The standard InChI is InChI=1S/C13H25N3O/c1-4-6-14-11-13(3,17)10-12-15-7-9-16(12)8-5-2/h7,9,14,17H,4-6,8,10-11H2,1-3H3. The predicted molar refractivity (Wildman–Crippen MR) is 70.0 cm³/mol. The molecule has 2 N–H and O–H groups in total. The molecule has 1 aromatic rings. The number of nitrogens with one attached hydrogen (secondary N) is 1. The molecule has 0 bridgehead atoms. The van der Waals surface area contributed by atoms with Crippen molar-refractivity contribution in [1.29, 1.82) is 0 Å². The van der Waals surface area contributed by atoms with Gasteiger partial charge in [0.25, 0.3) is 0 Å². The average Bonchev–Trinajstić information content (AvgIpc) is 2.66. The van der Waals surface area contributed by atoms with Crippen LogP contribution in [0.5, 0.6) is 0 Å². The van der Waals surface area contributed by atoms with Gasteiger partial charge < -0.3 is 15.0 Å². The highest BCUT2D eigenvalue weighted by atomic mass is 16.3. The van der Waals surface area contributed by atoms with E-state index >= 15 is 0 Å². The van der Waals surface area contributed by atoms with Gasteiger partial charge in [-0.1, -0.05) is 13.8 Å². The zero-order valence-electron chi connectivity index (χ0n) is 11.2. The lowest BCUT2D eigenvalue weighted by Crippen LogP contribution is -2.40. The third kappa shape index (κ3) is 4.88. The van der Waals surface area contributed by atoms with Crippen molar-refractivity contribution < 1.29 is 5.11 Å². The molecule has 0 aliphatic heterocycles. The number of rotatable bonds is 8. The molecule has 0 aliphatic rings. The van der Waals surface area contributed by atoms with Crippen molar-refractivity contribution in [3.8, 4) is 0 Å². The smallest absolute Gasteiger partial charge is 0.111 e. The number of aliphatic hydroxyl groups is 1. The molecule has 0 spiro atoms.